The Morgan fingerprint density at radius 3 is 2.09 bits per heavy atom. The molecule has 0 aromatic carbocycles. The Hall–Kier alpha value is -1.06. The Bertz CT molecular complexity index is 312. The number of carbonyl (C=O) groups is 2. The standard InChI is InChI=1S/C18H34O4/c1-6-9-10-11-15(12-14(4)5)16(18(20)22-8-3)13-17(19)21-7-2/h14-16H,6-13H2,1-5H3. The normalized spacial score (nSPS) is 13.7. The molecule has 2 unspecified atom stereocenters. The van der Waals surface area contributed by atoms with Crippen molar-refractivity contribution in [2.75, 3.05) is 13.2 Å². The second-order valence-corrected chi connectivity index (χ2v) is 6.25. The van der Waals surface area contributed by atoms with E-state index in [4.69, 9.17) is 9.47 Å². The molecule has 4 heteroatoms. The molecule has 0 saturated carbocycles. The summed E-state index contributed by atoms with van der Waals surface area (Å²) in [5.74, 6) is -0.249. The van der Waals surface area contributed by atoms with E-state index in [2.05, 4.69) is 20.8 Å². The fourth-order valence-electron chi connectivity index (χ4n) is 2.84. The third-order valence-corrected chi connectivity index (χ3v) is 3.80. The average Bonchev–Trinajstić information content (AvgIpc) is 2.44. The highest BCUT2D eigenvalue weighted by molar-refractivity contribution is 5.80. The van der Waals surface area contributed by atoms with Gasteiger partial charge in [0.1, 0.15) is 0 Å². The molecule has 0 rings (SSSR count). The van der Waals surface area contributed by atoms with Gasteiger partial charge < -0.3 is 9.47 Å². The molecule has 2 atom stereocenters. The van der Waals surface area contributed by atoms with Gasteiger partial charge in [-0.1, -0.05) is 40.0 Å². The van der Waals surface area contributed by atoms with E-state index in [9.17, 15) is 9.59 Å². The second-order valence-electron chi connectivity index (χ2n) is 6.25. The van der Waals surface area contributed by atoms with Crippen LogP contribution < -0.4 is 0 Å². The van der Waals surface area contributed by atoms with Gasteiger partial charge in [0.2, 0.25) is 0 Å². The van der Waals surface area contributed by atoms with Gasteiger partial charge in [0.05, 0.1) is 25.6 Å². The molecule has 0 saturated heterocycles. The minimum absolute atomic E-state index is 0.135. The molecule has 0 aliphatic carbocycles. The van der Waals surface area contributed by atoms with Gasteiger partial charge in [-0.15, -0.1) is 0 Å². The highest BCUT2D eigenvalue weighted by Crippen LogP contribution is 2.30. The summed E-state index contributed by atoms with van der Waals surface area (Å²) < 4.78 is 10.2. The Morgan fingerprint density at radius 2 is 1.59 bits per heavy atom. The predicted molar refractivity (Wildman–Crippen MR) is 88.5 cm³/mol. The van der Waals surface area contributed by atoms with Crippen LogP contribution >= 0.6 is 0 Å². The Kier molecular flexibility index (Phi) is 11.9. The fourth-order valence-corrected chi connectivity index (χ4v) is 2.84. The van der Waals surface area contributed by atoms with Crippen molar-refractivity contribution in [1.82, 2.24) is 0 Å². The minimum Gasteiger partial charge on any atom is -0.466 e. The number of hydrogen-bond donors (Lipinski definition) is 0. The molecule has 0 N–H and O–H groups in total. The van der Waals surface area contributed by atoms with Gasteiger partial charge in [0.15, 0.2) is 0 Å². The van der Waals surface area contributed by atoms with Crippen molar-refractivity contribution in [2.45, 2.75) is 73.1 Å². The zero-order valence-electron chi connectivity index (χ0n) is 15.0. The molecule has 130 valence electrons. The lowest BCUT2D eigenvalue weighted by molar-refractivity contribution is -0.157. The van der Waals surface area contributed by atoms with Crippen LogP contribution in [0.3, 0.4) is 0 Å². The van der Waals surface area contributed by atoms with E-state index < -0.39 is 0 Å². The van der Waals surface area contributed by atoms with Crippen LogP contribution in [0.1, 0.15) is 73.1 Å². The van der Waals surface area contributed by atoms with Crippen LogP contribution in [0.5, 0.6) is 0 Å². The van der Waals surface area contributed by atoms with Crippen LogP contribution in [0.2, 0.25) is 0 Å². The lowest BCUT2D eigenvalue weighted by Gasteiger charge is -2.26. The molecule has 0 aliphatic heterocycles. The Balaban J connectivity index is 4.97. The third-order valence-electron chi connectivity index (χ3n) is 3.80. The summed E-state index contributed by atoms with van der Waals surface area (Å²) in [6.07, 6.45) is 5.43. The number of esters is 2. The molecule has 4 nitrogen and oxygen atoms in total. The molecule has 22 heavy (non-hydrogen) atoms. The van der Waals surface area contributed by atoms with Crippen LogP contribution in [0.4, 0.5) is 0 Å². The first-order chi connectivity index (χ1) is 10.5. The highest BCUT2D eigenvalue weighted by Gasteiger charge is 2.32. The molecule has 0 fully saturated rings. The number of carbonyl (C=O) groups excluding carboxylic acids is 2. The van der Waals surface area contributed by atoms with Crippen molar-refractivity contribution in [2.24, 2.45) is 17.8 Å². The van der Waals surface area contributed by atoms with E-state index in [0.29, 0.717) is 19.1 Å². The van der Waals surface area contributed by atoms with Crippen LogP contribution in [-0.2, 0) is 19.1 Å². The van der Waals surface area contributed by atoms with Gasteiger partial charge in [0.25, 0.3) is 0 Å². The first-order valence-electron chi connectivity index (χ1n) is 8.78. The van der Waals surface area contributed by atoms with E-state index in [-0.39, 0.29) is 30.2 Å². The predicted octanol–water partition coefficient (Wildman–Crippen LogP) is 4.36. The summed E-state index contributed by atoms with van der Waals surface area (Å²) >= 11 is 0. The van der Waals surface area contributed by atoms with Crippen LogP contribution in [0, 0.1) is 17.8 Å². The number of ether oxygens (including phenoxy) is 2. The Labute approximate surface area is 135 Å². The zero-order chi connectivity index (χ0) is 17.0. The maximum absolute atomic E-state index is 12.3. The SMILES string of the molecule is CCCCCC(CC(C)C)C(CC(=O)OCC)C(=O)OCC. The fraction of sp³-hybridized carbons (Fsp3) is 0.889. The van der Waals surface area contributed by atoms with Gasteiger partial charge in [-0.05, 0) is 38.5 Å². The number of unbranched alkanes of at least 4 members (excludes halogenated alkanes) is 2. The quantitative estimate of drug-likeness (QED) is 0.397. The summed E-state index contributed by atoms with van der Waals surface area (Å²) in [5.41, 5.74) is 0. The van der Waals surface area contributed by atoms with Crippen molar-refractivity contribution in [1.29, 1.82) is 0 Å². The lowest BCUT2D eigenvalue weighted by atomic mass is 9.80. The molecule has 0 radical (unpaired) electrons. The molecule has 0 amide bonds. The summed E-state index contributed by atoms with van der Waals surface area (Å²) in [6.45, 7) is 10.7. The lowest BCUT2D eigenvalue weighted by Crippen LogP contribution is -2.30. The molecule has 0 aromatic rings. The maximum Gasteiger partial charge on any atom is 0.309 e. The van der Waals surface area contributed by atoms with Gasteiger partial charge >= 0.3 is 11.9 Å². The van der Waals surface area contributed by atoms with Gasteiger partial charge in [-0.3, -0.25) is 9.59 Å². The van der Waals surface area contributed by atoms with Crippen LogP contribution in [0.15, 0.2) is 0 Å². The summed E-state index contributed by atoms with van der Waals surface area (Å²) in [4.78, 5) is 24.2. The van der Waals surface area contributed by atoms with Crippen molar-refractivity contribution < 1.29 is 19.1 Å². The zero-order valence-corrected chi connectivity index (χ0v) is 15.0. The summed E-state index contributed by atoms with van der Waals surface area (Å²) in [5, 5.41) is 0. The Morgan fingerprint density at radius 1 is 0.955 bits per heavy atom. The monoisotopic (exact) mass is 314 g/mol. The highest BCUT2D eigenvalue weighted by atomic mass is 16.5. The first-order valence-corrected chi connectivity index (χ1v) is 8.78. The second kappa shape index (κ2) is 12.5. The van der Waals surface area contributed by atoms with E-state index in [1.807, 2.05) is 0 Å². The van der Waals surface area contributed by atoms with E-state index in [1.54, 1.807) is 13.8 Å². The van der Waals surface area contributed by atoms with E-state index in [1.165, 1.54) is 0 Å². The smallest absolute Gasteiger partial charge is 0.309 e. The molecule has 0 aromatic heterocycles. The van der Waals surface area contributed by atoms with Crippen molar-refractivity contribution in [3.63, 3.8) is 0 Å². The molecule has 0 heterocycles. The van der Waals surface area contributed by atoms with Crippen molar-refractivity contribution in [3.8, 4) is 0 Å². The first kappa shape index (κ1) is 20.9. The van der Waals surface area contributed by atoms with Gasteiger partial charge in [0, 0.05) is 0 Å². The van der Waals surface area contributed by atoms with Crippen molar-refractivity contribution >= 4 is 11.9 Å². The van der Waals surface area contributed by atoms with Gasteiger partial charge in [-0.25, -0.2) is 0 Å². The number of rotatable bonds is 12. The largest absolute Gasteiger partial charge is 0.466 e. The van der Waals surface area contributed by atoms with Gasteiger partial charge in [-0.2, -0.15) is 0 Å². The maximum atomic E-state index is 12.3. The van der Waals surface area contributed by atoms with Crippen LogP contribution in [-0.4, -0.2) is 25.2 Å². The molecule has 0 aliphatic rings. The molecular weight excluding hydrogens is 280 g/mol. The van der Waals surface area contributed by atoms with Crippen LogP contribution in [0.25, 0.3) is 0 Å². The van der Waals surface area contributed by atoms with E-state index in [0.717, 1.165) is 32.1 Å². The third kappa shape index (κ3) is 9.06. The average molecular weight is 314 g/mol. The topological polar surface area (TPSA) is 52.6 Å². The van der Waals surface area contributed by atoms with E-state index >= 15 is 0 Å². The molecular formula is C18H34O4. The number of hydrogen-bond acceptors (Lipinski definition) is 4. The summed E-state index contributed by atoms with van der Waals surface area (Å²) in [7, 11) is 0. The molecule has 0 bridgehead atoms. The van der Waals surface area contributed by atoms with Crippen molar-refractivity contribution in [3.05, 3.63) is 0 Å². The minimum atomic E-state index is -0.377. The molecule has 0 spiro atoms. The summed E-state index contributed by atoms with van der Waals surface area (Å²) in [6, 6.07) is 0.